The topological polar surface area (TPSA) is 270 Å². The molecule has 30 heteroatoms. The minimum atomic E-state index is -1.99. The van der Waals surface area contributed by atoms with E-state index in [4.69, 9.17) is 27.7 Å². The summed E-state index contributed by atoms with van der Waals surface area (Å²) in [6, 6.07) is 24.2. The highest BCUT2D eigenvalue weighted by atomic mass is 19.2. The highest BCUT2D eigenvalue weighted by Crippen LogP contribution is 2.45. The number of carbonyl (C=O) groups is 4. The Labute approximate surface area is 533 Å². The number of aryl methyl sites for hydroxylation is 2. The second-order valence-corrected chi connectivity index (χ2v) is 21.7. The molecule has 4 atom stereocenters. The van der Waals surface area contributed by atoms with Gasteiger partial charge in [-0.25, -0.2) is 68.9 Å². The SMILES string of the molecule is CN1C(=O)C(c2cc(F)cc(F)c2)(c2ccc(F)c(F)c2)N=C1N.CN1C(=O)C(c2cc(F)cc(F)c2)(c2ccnc(F)c2)N=C1N.COc1ccc(C2(c3cc(F)cc(F)c3)N=C(N)N(C)C2=O)cc1C.Cc1cc(C2(c3cc(F)cc(F)c3)N=C(N)N(C)C2=O)ccn1. The van der Waals surface area contributed by atoms with Crippen molar-refractivity contribution in [3.63, 3.8) is 0 Å². The first-order valence-corrected chi connectivity index (χ1v) is 27.8. The van der Waals surface area contributed by atoms with E-state index in [2.05, 4.69) is 29.9 Å². The van der Waals surface area contributed by atoms with Crippen LogP contribution in [-0.4, -0.2) is 112 Å². The molecule has 0 bridgehead atoms. The summed E-state index contributed by atoms with van der Waals surface area (Å²) in [6.45, 7) is 3.55. The molecule has 0 saturated heterocycles. The predicted octanol–water partition coefficient (Wildman–Crippen LogP) is 7.81. The fraction of sp³-hybridized carbons (Fsp3) is 0.169. The molecule has 12 rings (SSSR count). The number of aromatic nitrogens is 2. The van der Waals surface area contributed by atoms with Crippen LogP contribution < -0.4 is 27.7 Å². The summed E-state index contributed by atoms with van der Waals surface area (Å²) in [5, 5.41) is 0. The lowest BCUT2D eigenvalue weighted by Crippen LogP contribution is -2.41. The number of ether oxygens (including phenoxy) is 1. The quantitative estimate of drug-likeness (QED) is 0.0799. The van der Waals surface area contributed by atoms with Gasteiger partial charge < -0.3 is 27.7 Å². The summed E-state index contributed by atoms with van der Waals surface area (Å²) >= 11 is 0. The minimum Gasteiger partial charge on any atom is -0.496 e. The Morgan fingerprint density at radius 2 is 0.642 bits per heavy atom. The third kappa shape index (κ3) is 12.3. The summed E-state index contributed by atoms with van der Waals surface area (Å²) in [5.41, 5.74) is 18.1. The maximum Gasteiger partial charge on any atom is 0.266 e. The third-order valence-electron chi connectivity index (χ3n) is 15.7. The number of nitrogens with zero attached hydrogens (tertiary/aromatic N) is 10. The van der Waals surface area contributed by atoms with Gasteiger partial charge in [0.15, 0.2) is 57.6 Å². The van der Waals surface area contributed by atoms with Gasteiger partial charge in [-0.2, -0.15) is 4.39 Å². The molecule has 6 heterocycles. The Balaban J connectivity index is 0.000000149. The van der Waals surface area contributed by atoms with Crippen molar-refractivity contribution in [2.45, 2.75) is 36.0 Å². The largest absolute Gasteiger partial charge is 0.496 e. The van der Waals surface area contributed by atoms with Crippen LogP contribution in [0.4, 0.5) is 48.3 Å². The number of hydrogen-bond acceptors (Lipinski definition) is 15. The number of pyridine rings is 2. The average Bonchev–Trinajstić information content (AvgIpc) is 1.66. The van der Waals surface area contributed by atoms with E-state index in [-0.39, 0.29) is 57.2 Å². The highest BCUT2D eigenvalue weighted by Gasteiger charge is 2.54. The molecule has 0 fully saturated rings. The molecule has 4 unspecified atom stereocenters. The van der Waals surface area contributed by atoms with Crippen LogP contribution in [0.2, 0.25) is 0 Å². The molecule has 0 aliphatic carbocycles. The molecular weight excluding hydrogens is 1270 g/mol. The number of amides is 4. The molecule has 0 spiro atoms. The number of guanidine groups is 4. The Kier molecular flexibility index (Phi) is 18.4. The second-order valence-electron chi connectivity index (χ2n) is 21.7. The first-order valence-electron chi connectivity index (χ1n) is 27.8. The summed E-state index contributed by atoms with van der Waals surface area (Å²) < 4.78 is 155. The lowest BCUT2D eigenvalue weighted by atomic mass is 9.82. The van der Waals surface area contributed by atoms with Gasteiger partial charge in [0.25, 0.3) is 23.6 Å². The first kappa shape index (κ1) is 67.8. The van der Waals surface area contributed by atoms with Crippen molar-refractivity contribution in [3.8, 4) is 5.75 Å². The smallest absolute Gasteiger partial charge is 0.266 e. The lowest BCUT2D eigenvalue weighted by Gasteiger charge is -2.26. The van der Waals surface area contributed by atoms with Gasteiger partial charge in [0.2, 0.25) is 5.95 Å². The summed E-state index contributed by atoms with van der Waals surface area (Å²) in [6.07, 6.45) is 2.65. The predicted molar refractivity (Wildman–Crippen MR) is 323 cm³/mol. The number of rotatable bonds is 9. The van der Waals surface area contributed by atoms with Crippen LogP contribution in [0.3, 0.4) is 0 Å². The lowest BCUT2D eigenvalue weighted by molar-refractivity contribution is -0.130. The average molecular weight is 1320 g/mol. The Morgan fingerprint density at radius 3 is 0.916 bits per heavy atom. The number of halogens is 11. The minimum absolute atomic E-state index is 0.0193. The van der Waals surface area contributed by atoms with Gasteiger partial charge in [0, 0.05) is 70.5 Å². The molecule has 6 aromatic carbocycles. The normalized spacial score (nSPS) is 20.5. The van der Waals surface area contributed by atoms with E-state index in [9.17, 15) is 67.5 Å². The maximum atomic E-state index is 13.8. The van der Waals surface area contributed by atoms with Crippen molar-refractivity contribution in [2.24, 2.45) is 42.9 Å². The molecule has 0 saturated carbocycles. The standard InChI is InChI=1S/C18H17F2N3O2.C16H11F4N3O.C16H14F2N4O.C15H11F3N4O/c1-10-6-11(4-5-15(10)25-3)18(16(24)23(2)17(21)22-18)12-7-13(19)9-14(20)8-12;1-23-14(24)16(22-15(23)21,8-2-3-12(19)13(20)6-8)9-4-10(17)7-11(18)5-9;1-9-5-10(3-4-20-9)16(14(23)22(2)15(19)21-16)11-6-12(17)8-13(18)7-11;1-22-13(23)15(21-14(22)19,8-2-3-20-12(18)6-8)9-4-10(16)7-11(17)5-9/h4-9H,1-3H3,(H2,21,22);2-7H,1H3,(H2,21,22);3-8H,1-2H3,(H2,19,21);2-7H,1H3,(H2,19,21). The van der Waals surface area contributed by atoms with Crippen LogP contribution in [0.5, 0.6) is 5.75 Å². The van der Waals surface area contributed by atoms with Gasteiger partial charge in [-0.15, -0.1) is 0 Å². The van der Waals surface area contributed by atoms with Crippen molar-refractivity contribution in [1.82, 2.24) is 29.6 Å². The van der Waals surface area contributed by atoms with E-state index >= 15 is 0 Å². The summed E-state index contributed by atoms with van der Waals surface area (Å²) in [7, 11) is 7.15. The van der Waals surface area contributed by atoms with E-state index in [1.54, 1.807) is 44.2 Å². The highest BCUT2D eigenvalue weighted by molar-refractivity contribution is 6.11. The van der Waals surface area contributed by atoms with Gasteiger partial charge in [-0.05, 0) is 161 Å². The van der Waals surface area contributed by atoms with Crippen molar-refractivity contribution in [2.75, 3.05) is 35.3 Å². The monoisotopic (exact) mass is 1320 g/mol. The molecule has 8 aromatic rings. The summed E-state index contributed by atoms with van der Waals surface area (Å²) in [5.74, 6) is -12.2. The van der Waals surface area contributed by atoms with E-state index in [0.717, 1.165) is 106 Å². The fourth-order valence-electron chi connectivity index (χ4n) is 11.0. The zero-order valence-corrected chi connectivity index (χ0v) is 50.8. The third-order valence-corrected chi connectivity index (χ3v) is 15.7. The summed E-state index contributed by atoms with van der Waals surface area (Å²) in [4.78, 5) is 79.8. The number of aliphatic imine (C=N–C) groups is 4. The molecule has 0 radical (unpaired) electrons. The van der Waals surface area contributed by atoms with Crippen molar-refractivity contribution >= 4 is 47.5 Å². The number of methoxy groups -OCH3 is 1. The number of hydrogen-bond donors (Lipinski definition) is 4. The number of carbonyl (C=O) groups excluding carboxylic acids is 4. The van der Waals surface area contributed by atoms with Crippen molar-refractivity contribution < 1.29 is 72.2 Å². The molecular formula is C65H53F11N14O5. The van der Waals surface area contributed by atoms with Crippen LogP contribution in [0.25, 0.3) is 0 Å². The van der Waals surface area contributed by atoms with Gasteiger partial charge in [-0.3, -0.25) is 43.8 Å². The zero-order valence-electron chi connectivity index (χ0n) is 50.8. The van der Waals surface area contributed by atoms with Gasteiger partial charge in [-0.1, -0.05) is 12.1 Å². The molecule has 95 heavy (non-hydrogen) atoms. The maximum absolute atomic E-state index is 13.8. The number of nitrogens with two attached hydrogens (primary N) is 4. The zero-order chi connectivity index (χ0) is 69.6. The molecule has 4 aliphatic rings. The van der Waals surface area contributed by atoms with Crippen LogP contribution in [0, 0.1) is 78.0 Å². The van der Waals surface area contributed by atoms with Crippen LogP contribution in [0.15, 0.2) is 166 Å². The van der Waals surface area contributed by atoms with Crippen molar-refractivity contribution in [3.05, 3.63) is 266 Å². The molecule has 2 aromatic heterocycles. The van der Waals surface area contributed by atoms with Gasteiger partial charge in [0.1, 0.15) is 52.3 Å². The van der Waals surface area contributed by atoms with Crippen LogP contribution in [0.1, 0.15) is 55.8 Å². The fourth-order valence-corrected chi connectivity index (χ4v) is 11.0. The molecule has 490 valence electrons. The van der Waals surface area contributed by atoms with E-state index in [1.807, 2.05) is 0 Å². The Bertz CT molecular complexity index is 4380. The molecule has 4 amide bonds. The first-order chi connectivity index (χ1) is 44.7. The Hall–Kier alpha value is -11.6. The van der Waals surface area contributed by atoms with Crippen LogP contribution in [-0.2, 0) is 41.3 Å². The van der Waals surface area contributed by atoms with Crippen molar-refractivity contribution in [1.29, 1.82) is 0 Å². The van der Waals surface area contributed by atoms with E-state index in [0.29, 0.717) is 34.7 Å². The Morgan fingerprint density at radius 1 is 0.347 bits per heavy atom. The second kappa shape index (κ2) is 25.8. The van der Waals surface area contributed by atoms with E-state index < -0.39 is 110 Å². The van der Waals surface area contributed by atoms with Gasteiger partial charge >= 0.3 is 0 Å². The van der Waals surface area contributed by atoms with Crippen LogP contribution >= 0.6 is 0 Å². The molecule has 8 N–H and O–H groups in total. The molecule has 19 nitrogen and oxygen atoms in total. The van der Waals surface area contributed by atoms with Gasteiger partial charge in [0.05, 0.1) is 7.11 Å². The number of likely N-dealkylation sites (N-methyl/N-ethyl adjacent to an activating group) is 4. The number of benzene rings is 6. The van der Waals surface area contributed by atoms with E-state index in [1.165, 1.54) is 57.4 Å². The molecule has 4 aliphatic heterocycles.